The molecule has 0 heterocycles. The minimum atomic E-state index is -0.953. The van der Waals surface area contributed by atoms with Gasteiger partial charge in [0.15, 0.2) is 5.75 Å². The third-order valence-electron chi connectivity index (χ3n) is 1.51. The molecule has 0 aliphatic heterocycles. The average molecular weight is 264 g/mol. The molecule has 0 aromatic heterocycles. The molecule has 14 heavy (non-hydrogen) atoms. The van der Waals surface area contributed by atoms with Gasteiger partial charge in [-0.05, 0) is 35.0 Å². The normalized spacial score (nSPS) is 9.93. The lowest BCUT2D eigenvalue weighted by Crippen LogP contribution is -1.99. The molecule has 0 spiro atoms. The molecule has 0 fully saturated rings. The maximum Gasteiger partial charge on any atom is 0.322 e. The molecule has 0 saturated heterocycles. The Morgan fingerprint density at radius 3 is 2.79 bits per heavy atom. The number of hydrogen-bond donors (Lipinski definition) is 0. The van der Waals surface area contributed by atoms with Crippen LogP contribution in [0.5, 0.6) is 5.75 Å². The van der Waals surface area contributed by atoms with E-state index < -0.39 is 16.4 Å². The second-order valence-electron chi connectivity index (χ2n) is 2.40. The van der Waals surface area contributed by atoms with Gasteiger partial charge in [-0.2, -0.15) is 4.39 Å². The van der Waals surface area contributed by atoms with Gasteiger partial charge in [-0.1, -0.05) is 0 Å². The van der Waals surface area contributed by atoms with Crippen molar-refractivity contribution < 1.29 is 14.1 Å². The van der Waals surface area contributed by atoms with Crippen LogP contribution < -0.4 is 4.74 Å². The molecule has 0 aliphatic carbocycles. The van der Waals surface area contributed by atoms with E-state index in [-0.39, 0.29) is 16.8 Å². The Balaban J connectivity index is 3.26. The molecular formula is C8H7BrFNO3. The van der Waals surface area contributed by atoms with Gasteiger partial charge < -0.3 is 4.74 Å². The number of hydrogen-bond acceptors (Lipinski definition) is 3. The van der Waals surface area contributed by atoms with Gasteiger partial charge in [0.25, 0.3) is 0 Å². The van der Waals surface area contributed by atoms with Crippen molar-refractivity contribution in [1.29, 1.82) is 0 Å². The Bertz CT molecular complexity index is 370. The Hall–Kier alpha value is -1.17. The first-order valence-corrected chi connectivity index (χ1v) is 4.62. The van der Waals surface area contributed by atoms with Crippen LogP contribution in [-0.4, -0.2) is 11.5 Å². The third-order valence-corrected chi connectivity index (χ3v) is 2.15. The Morgan fingerprint density at radius 2 is 2.29 bits per heavy atom. The molecule has 0 bridgehead atoms. The highest BCUT2D eigenvalue weighted by molar-refractivity contribution is 9.10. The van der Waals surface area contributed by atoms with E-state index >= 15 is 0 Å². The summed E-state index contributed by atoms with van der Waals surface area (Å²) in [6.07, 6.45) is 0. The lowest BCUT2D eigenvalue weighted by Gasteiger charge is -2.04. The molecule has 1 aromatic carbocycles. The van der Waals surface area contributed by atoms with Crippen LogP contribution in [0.25, 0.3) is 0 Å². The minimum absolute atomic E-state index is 0.100. The number of nitro groups is 1. The zero-order valence-corrected chi connectivity index (χ0v) is 8.88. The first-order chi connectivity index (χ1) is 6.57. The molecule has 0 saturated carbocycles. The standard InChI is InChI=1S/C8H7BrFNO3/c1-2-14-6-4-3-5(9)8(7(6)10)11(12)13/h3-4H,2H2,1H3. The summed E-state index contributed by atoms with van der Waals surface area (Å²) in [4.78, 5) is 9.69. The highest BCUT2D eigenvalue weighted by Crippen LogP contribution is 2.33. The van der Waals surface area contributed by atoms with Crippen LogP contribution in [0.3, 0.4) is 0 Å². The molecule has 0 amide bonds. The summed E-state index contributed by atoms with van der Waals surface area (Å²) in [5, 5.41) is 10.5. The fourth-order valence-electron chi connectivity index (χ4n) is 0.957. The van der Waals surface area contributed by atoms with Gasteiger partial charge in [0, 0.05) is 0 Å². The number of halogens is 2. The molecule has 0 aliphatic rings. The lowest BCUT2D eigenvalue weighted by molar-refractivity contribution is -0.388. The summed E-state index contributed by atoms with van der Waals surface area (Å²) < 4.78 is 18.4. The maximum absolute atomic E-state index is 13.4. The summed E-state index contributed by atoms with van der Waals surface area (Å²) in [5.74, 6) is -1.06. The highest BCUT2D eigenvalue weighted by Gasteiger charge is 2.22. The number of rotatable bonds is 3. The molecule has 0 radical (unpaired) electrons. The maximum atomic E-state index is 13.4. The van der Waals surface area contributed by atoms with Crippen LogP contribution in [0, 0.1) is 15.9 Å². The van der Waals surface area contributed by atoms with Gasteiger partial charge in [0.05, 0.1) is 16.0 Å². The highest BCUT2D eigenvalue weighted by atomic mass is 79.9. The zero-order valence-electron chi connectivity index (χ0n) is 7.29. The molecular weight excluding hydrogens is 257 g/mol. The second kappa shape index (κ2) is 4.36. The second-order valence-corrected chi connectivity index (χ2v) is 3.25. The summed E-state index contributed by atoms with van der Waals surface area (Å²) in [7, 11) is 0. The van der Waals surface area contributed by atoms with E-state index in [2.05, 4.69) is 15.9 Å². The fraction of sp³-hybridized carbons (Fsp3) is 0.250. The van der Waals surface area contributed by atoms with Crippen LogP contribution in [0.1, 0.15) is 6.92 Å². The van der Waals surface area contributed by atoms with E-state index in [1.165, 1.54) is 12.1 Å². The Morgan fingerprint density at radius 1 is 1.64 bits per heavy atom. The Kier molecular flexibility index (Phi) is 3.40. The average Bonchev–Trinajstić information content (AvgIpc) is 2.10. The van der Waals surface area contributed by atoms with E-state index in [0.717, 1.165) is 0 Å². The van der Waals surface area contributed by atoms with Crippen molar-refractivity contribution in [3.8, 4) is 5.75 Å². The number of nitro benzene ring substituents is 1. The Labute approximate surface area is 88.0 Å². The summed E-state index contributed by atoms with van der Waals surface area (Å²) >= 11 is 2.90. The van der Waals surface area contributed by atoms with Gasteiger partial charge in [0.2, 0.25) is 5.82 Å². The molecule has 76 valence electrons. The first-order valence-electron chi connectivity index (χ1n) is 3.83. The molecule has 1 aromatic rings. The zero-order chi connectivity index (χ0) is 10.7. The predicted molar refractivity (Wildman–Crippen MR) is 51.9 cm³/mol. The molecule has 0 unspecified atom stereocenters. The summed E-state index contributed by atoms with van der Waals surface area (Å²) in [6.45, 7) is 1.93. The van der Waals surface area contributed by atoms with Crippen LogP contribution in [-0.2, 0) is 0 Å². The van der Waals surface area contributed by atoms with Gasteiger partial charge in [0.1, 0.15) is 0 Å². The van der Waals surface area contributed by atoms with Crippen molar-refractivity contribution in [1.82, 2.24) is 0 Å². The topological polar surface area (TPSA) is 52.4 Å². The summed E-state index contributed by atoms with van der Waals surface area (Å²) in [6, 6.07) is 2.72. The monoisotopic (exact) mass is 263 g/mol. The minimum Gasteiger partial charge on any atom is -0.491 e. The molecule has 1 rings (SSSR count). The van der Waals surface area contributed by atoms with Crippen LogP contribution in [0.4, 0.5) is 10.1 Å². The third kappa shape index (κ3) is 2.01. The van der Waals surface area contributed by atoms with E-state index in [1.807, 2.05) is 0 Å². The largest absolute Gasteiger partial charge is 0.491 e. The van der Waals surface area contributed by atoms with Gasteiger partial charge in [-0.15, -0.1) is 0 Å². The van der Waals surface area contributed by atoms with Crippen molar-refractivity contribution in [3.63, 3.8) is 0 Å². The molecule has 4 nitrogen and oxygen atoms in total. The van der Waals surface area contributed by atoms with Gasteiger partial charge in [-0.25, -0.2) is 0 Å². The van der Waals surface area contributed by atoms with E-state index in [0.29, 0.717) is 0 Å². The van der Waals surface area contributed by atoms with Crippen LogP contribution >= 0.6 is 15.9 Å². The van der Waals surface area contributed by atoms with Gasteiger partial charge in [-0.3, -0.25) is 10.1 Å². The number of nitrogens with zero attached hydrogens (tertiary/aromatic N) is 1. The van der Waals surface area contributed by atoms with Crippen molar-refractivity contribution in [2.24, 2.45) is 0 Å². The van der Waals surface area contributed by atoms with Crippen LogP contribution in [0.15, 0.2) is 16.6 Å². The van der Waals surface area contributed by atoms with Crippen LogP contribution in [0.2, 0.25) is 0 Å². The van der Waals surface area contributed by atoms with Crippen molar-refractivity contribution in [3.05, 3.63) is 32.5 Å². The van der Waals surface area contributed by atoms with Gasteiger partial charge >= 0.3 is 5.69 Å². The lowest BCUT2D eigenvalue weighted by atomic mass is 10.3. The molecule has 0 N–H and O–H groups in total. The van der Waals surface area contributed by atoms with E-state index in [1.54, 1.807) is 6.92 Å². The van der Waals surface area contributed by atoms with E-state index in [4.69, 9.17) is 4.74 Å². The smallest absolute Gasteiger partial charge is 0.322 e. The van der Waals surface area contributed by atoms with Crippen molar-refractivity contribution in [2.75, 3.05) is 6.61 Å². The first kappa shape index (κ1) is 10.9. The number of benzene rings is 1. The predicted octanol–water partition coefficient (Wildman–Crippen LogP) is 2.90. The fourth-order valence-corrected chi connectivity index (χ4v) is 1.41. The quantitative estimate of drug-likeness (QED) is 0.623. The molecule has 0 atom stereocenters. The van der Waals surface area contributed by atoms with Crippen molar-refractivity contribution in [2.45, 2.75) is 6.92 Å². The van der Waals surface area contributed by atoms with E-state index in [9.17, 15) is 14.5 Å². The van der Waals surface area contributed by atoms with Crippen molar-refractivity contribution >= 4 is 21.6 Å². The number of ether oxygens (including phenoxy) is 1. The molecule has 6 heteroatoms. The summed E-state index contributed by atoms with van der Waals surface area (Å²) in [5.41, 5.74) is -0.601. The SMILES string of the molecule is CCOc1ccc(Br)c([N+](=O)[O-])c1F.